The molecule has 0 spiro atoms. The molecule has 19 heavy (non-hydrogen) atoms. The molecule has 1 rings (SSSR count). The molecule has 0 amide bonds. The fourth-order valence-corrected chi connectivity index (χ4v) is 1.84. The molecule has 0 saturated heterocycles. The number of rotatable bonds is 8. The molecule has 0 aliphatic rings. The number of aliphatic hydroxyl groups excluding tert-OH is 1. The second-order valence-corrected chi connectivity index (χ2v) is 4.56. The molecular weight excluding hydrogens is 242 g/mol. The number of methoxy groups -OCH3 is 1. The summed E-state index contributed by atoms with van der Waals surface area (Å²) in [6.45, 7) is 7.29. The molecule has 0 bridgehead atoms. The van der Waals surface area contributed by atoms with Crippen LogP contribution in [0, 0.1) is 0 Å². The summed E-state index contributed by atoms with van der Waals surface area (Å²) in [6.07, 6.45) is 0.246. The van der Waals surface area contributed by atoms with Crippen molar-refractivity contribution in [2.45, 2.75) is 39.3 Å². The minimum atomic E-state index is -0.437. The molecule has 0 heterocycles. The average molecular weight is 267 g/mol. The van der Waals surface area contributed by atoms with Gasteiger partial charge in [-0.25, -0.2) is 0 Å². The largest absolute Gasteiger partial charge is 0.497 e. The normalized spacial score (nSPS) is 13.9. The number of ether oxygens (including phenoxy) is 2. The van der Waals surface area contributed by atoms with Crippen molar-refractivity contribution in [2.24, 2.45) is 0 Å². The molecule has 4 nitrogen and oxygen atoms in total. The van der Waals surface area contributed by atoms with Crippen molar-refractivity contribution in [1.82, 2.24) is 5.32 Å². The Hall–Kier alpha value is -1.26. The van der Waals surface area contributed by atoms with Crippen molar-refractivity contribution >= 4 is 0 Å². The number of nitrogens with one attached hydrogen (secondary N) is 1. The Bertz CT molecular complexity index is 382. The zero-order valence-corrected chi connectivity index (χ0v) is 12.3. The summed E-state index contributed by atoms with van der Waals surface area (Å²) in [5.74, 6) is 1.52. The van der Waals surface area contributed by atoms with E-state index in [1.165, 1.54) is 0 Å². The van der Waals surface area contributed by atoms with Gasteiger partial charge in [-0.1, -0.05) is 19.9 Å². The smallest absolute Gasteiger partial charge is 0.127 e. The fraction of sp³-hybridized carbons (Fsp3) is 0.600. The zero-order valence-electron chi connectivity index (χ0n) is 12.3. The van der Waals surface area contributed by atoms with Crippen molar-refractivity contribution in [3.8, 4) is 11.5 Å². The second kappa shape index (κ2) is 8.02. The molecule has 0 saturated carbocycles. The van der Waals surface area contributed by atoms with Crippen LogP contribution in [0.3, 0.4) is 0 Å². The standard InChI is InChI=1S/C15H25NO3/c1-5-12(17)10-19-15-9-13(18-4)7-8-14(15)11(3)16-6-2/h7-9,11-12,16-17H,5-6,10H2,1-4H3. The number of benzene rings is 1. The van der Waals surface area contributed by atoms with Crippen LogP contribution in [0.5, 0.6) is 11.5 Å². The van der Waals surface area contributed by atoms with Gasteiger partial charge in [-0.3, -0.25) is 0 Å². The quantitative estimate of drug-likeness (QED) is 0.760. The molecule has 0 aliphatic carbocycles. The van der Waals surface area contributed by atoms with Crippen molar-refractivity contribution < 1.29 is 14.6 Å². The van der Waals surface area contributed by atoms with Crippen LogP contribution in [0.4, 0.5) is 0 Å². The molecule has 2 N–H and O–H groups in total. The van der Waals surface area contributed by atoms with Gasteiger partial charge in [-0.05, 0) is 26.0 Å². The molecule has 1 aromatic carbocycles. The summed E-state index contributed by atoms with van der Waals surface area (Å²) in [7, 11) is 1.63. The third-order valence-corrected chi connectivity index (χ3v) is 3.10. The molecular formula is C15H25NO3. The average Bonchev–Trinajstić information content (AvgIpc) is 2.44. The highest BCUT2D eigenvalue weighted by Crippen LogP contribution is 2.29. The van der Waals surface area contributed by atoms with E-state index in [1.807, 2.05) is 25.1 Å². The maximum atomic E-state index is 9.61. The van der Waals surface area contributed by atoms with Gasteiger partial charge in [0.05, 0.1) is 13.2 Å². The lowest BCUT2D eigenvalue weighted by Gasteiger charge is -2.19. The monoisotopic (exact) mass is 267 g/mol. The lowest BCUT2D eigenvalue weighted by atomic mass is 10.1. The second-order valence-electron chi connectivity index (χ2n) is 4.56. The Kier molecular flexibility index (Phi) is 6.67. The van der Waals surface area contributed by atoms with E-state index < -0.39 is 6.10 Å². The van der Waals surface area contributed by atoms with Gasteiger partial charge >= 0.3 is 0 Å². The molecule has 0 radical (unpaired) electrons. The molecule has 0 aliphatic heterocycles. The lowest BCUT2D eigenvalue weighted by Crippen LogP contribution is -2.20. The Morgan fingerprint density at radius 3 is 2.63 bits per heavy atom. The summed E-state index contributed by atoms with van der Waals surface area (Å²) in [4.78, 5) is 0. The van der Waals surface area contributed by atoms with E-state index in [1.54, 1.807) is 7.11 Å². The molecule has 0 aromatic heterocycles. The van der Waals surface area contributed by atoms with Crippen molar-refractivity contribution in [3.05, 3.63) is 23.8 Å². The summed E-state index contributed by atoms with van der Waals surface area (Å²) in [5.41, 5.74) is 1.07. The number of aliphatic hydroxyl groups is 1. The van der Waals surface area contributed by atoms with E-state index in [2.05, 4.69) is 19.2 Å². The van der Waals surface area contributed by atoms with E-state index >= 15 is 0 Å². The van der Waals surface area contributed by atoms with Gasteiger partial charge in [-0.2, -0.15) is 0 Å². The van der Waals surface area contributed by atoms with Crippen molar-refractivity contribution in [1.29, 1.82) is 0 Å². The van der Waals surface area contributed by atoms with Gasteiger partial charge in [0.2, 0.25) is 0 Å². The van der Waals surface area contributed by atoms with E-state index in [9.17, 15) is 5.11 Å². The SMILES string of the molecule is CCNC(C)c1ccc(OC)cc1OCC(O)CC. The van der Waals surface area contributed by atoms with E-state index in [0.29, 0.717) is 13.0 Å². The minimum Gasteiger partial charge on any atom is -0.497 e. The first-order valence-electron chi connectivity index (χ1n) is 6.84. The lowest BCUT2D eigenvalue weighted by molar-refractivity contribution is 0.103. The highest BCUT2D eigenvalue weighted by molar-refractivity contribution is 5.42. The molecule has 0 fully saturated rings. The van der Waals surface area contributed by atoms with Crippen LogP contribution in [-0.2, 0) is 0 Å². The molecule has 108 valence electrons. The molecule has 2 atom stereocenters. The topological polar surface area (TPSA) is 50.7 Å². The maximum absolute atomic E-state index is 9.61. The first-order valence-corrected chi connectivity index (χ1v) is 6.84. The maximum Gasteiger partial charge on any atom is 0.127 e. The number of hydrogen-bond acceptors (Lipinski definition) is 4. The van der Waals surface area contributed by atoms with Crippen LogP contribution in [0.15, 0.2) is 18.2 Å². The summed E-state index contributed by atoms with van der Waals surface area (Å²) in [6, 6.07) is 5.99. The first kappa shape index (κ1) is 15.8. The van der Waals surface area contributed by atoms with Crippen molar-refractivity contribution in [2.75, 3.05) is 20.3 Å². The Morgan fingerprint density at radius 2 is 2.05 bits per heavy atom. The van der Waals surface area contributed by atoms with Gasteiger partial charge in [0.15, 0.2) is 0 Å². The van der Waals surface area contributed by atoms with Gasteiger partial charge in [0, 0.05) is 17.7 Å². The predicted molar refractivity (Wildman–Crippen MR) is 76.9 cm³/mol. The third kappa shape index (κ3) is 4.73. The molecule has 4 heteroatoms. The first-order chi connectivity index (χ1) is 9.12. The van der Waals surface area contributed by atoms with Gasteiger partial charge < -0.3 is 19.9 Å². The van der Waals surface area contributed by atoms with Crippen LogP contribution < -0.4 is 14.8 Å². The van der Waals surface area contributed by atoms with E-state index in [0.717, 1.165) is 23.6 Å². The van der Waals surface area contributed by atoms with Crippen molar-refractivity contribution in [3.63, 3.8) is 0 Å². The molecule has 1 aromatic rings. The summed E-state index contributed by atoms with van der Waals surface area (Å²) < 4.78 is 10.9. The highest BCUT2D eigenvalue weighted by atomic mass is 16.5. The van der Waals surface area contributed by atoms with Crippen LogP contribution in [0.25, 0.3) is 0 Å². The fourth-order valence-electron chi connectivity index (χ4n) is 1.84. The summed E-state index contributed by atoms with van der Waals surface area (Å²) >= 11 is 0. The predicted octanol–water partition coefficient (Wildman–Crippen LogP) is 2.52. The zero-order chi connectivity index (χ0) is 14.3. The van der Waals surface area contributed by atoms with Crippen LogP contribution >= 0.6 is 0 Å². The highest BCUT2D eigenvalue weighted by Gasteiger charge is 2.13. The van der Waals surface area contributed by atoms with Crippen LogP contribution in [0.2, 0.25) is 0 Å². The minimum absolute atomic E-state index is 0.199. The van der Waals surface area contributed by atoms with Crippen LogP contribution in [-0.4, -0.2) is 31.5 Å². The Labute approximate surface area is 115 Å². The summed E-state index contributed by atoms with van der Waals surface area (Å²) in [5, 5.41) is 13.0. The number of hydrogen-bond donors (Lipinski definition) is 2. The van der Waals surface area contributed by atoms with E-state index in [-0.39, 0.29) is 6.04 Å². The van der Waals surface area contributed by atoms with Gasteiger partial charge in [-0.15, -0.1) is 0 Å². The Balaban J connectivity index is 2.88. The van der Waals surface area contributed by atoms with Crippen LogP contribution in [0.1, 0.15) is 38.8 Å². The van der Waals surface area contributed by atoms with Gasteiger partial charge in [0.1, 0.15) is 18.1 Å². The third-order valence-electron chi connectivity index (χ3n) is 3.10. The molecule has 2 unspecified atom stereocenters. The Morgan fingerprint density at radius 1 is 1.32 bits per heavy atom. The van der Waals surface area contributed by atoms with Gasteiger partial charge in [0.25, 0.3) is 0 Å². The van der Waals surface area contributed by atoms with E-state index in [4.69, 9.17) is 9.47 Å².